The quantitative estimate of drug-likeness (QED) is 0.259. The number of carbonyl (C=O) groups excluding carboxylic acids is 3. The number of rotatable bonds is 10. The Balaban J connectivity index is 1.59. The average molecular weight is 530 g/mol. The van der Waals surface area contributed by atoms with Crippen molar-refractivity contribution in [1.82, 2.24) is 4.90 Å². The Morgan fingerprint density at radius 3 is 2.37 bits per heavy atom. The minimum Gasteiger partial charge on any atom is -0.385 e. The van der Waals surface area contributed by atoms with Gasteiger partial charge >= 0.3 is 0 Å². The molecule has 0 fully saturated rings. The number of imide groups is 1. The van der Waals surface area contributed by atoms with Crippen LogP contribution in [0.2, 0.25) is 0 Å². The number of hydrogen-bond donors (Lipinski definition) is 2. The van der Waals surface area contributed by atoms with E-state index >= 15 is 0 Å². The summed E-state index contributed by atoms with van der Waals surface area (Å²) in [6, 6.07) is 20.4. The molecule has 3 amide bonds. The van der Waals surface area contributed by atoms with Gasteiger partial charge in [-0.3, -0.25) is 19.3 Å². The summed E-state index contributed by atoms with van der Waals surface area (Å²) >= 11 is 1.20. The molecule has 1 aliphatic rings. The topological polar surface area (TPSA) is 87.7 Å². The van der Waals surface area contributed by atoms with Crippen LogP contribution in [0.15, 0.2) is 82.2 Å². The molecule has 1 heterocycles. The Bertz CT molecular complexity index is 1400. The lowest BCUT2D eigenvalue weighted by atomic mass is 10.1. The summed E-state index contributed by atoms with van der Waals surface area (Å²) < 4.78 is 5.11. The summed E-state index contributed by atoms with van der Waals surface area (Å²) in [6.07, 6.45) is 0.545. The molecule has 0 unspecified atom stereocenters. The molecule has 0 saturated carbocycles. The van der Waals surface area contributed by atoms with Crippen LogP contribution in [0.1, 0.15) is 33.5 Å². The number of aryl methyl sites for hydroxylation is 3. The summed E-state index contributed by atoms with van der Waals surface area (Å²) in [6.45, 7) is 6.70. The van der Waals surface area contributed by atoms with Crippen molar-refractivity contribution >= 4 is 40.9 Å². The fourth-order valence-electron chi connectivity index (χ4n) is 3.96. The second-order valence-corrected chi connectivity index (χ2v) is 10.3. The highest BCUT2D eigenvalue weighted by molar-refractivity contribution is 8.04. The number of carbonyl (C=O) groups is 3. The van der Waals surface area contributed by atoms with Crippen LogP contribution < -0.4 is 10.6 Å². The van der Waals surface area contributed by atoms with Crippen LogP contribution in [0, 0.1) is 20.8 Å². The fraction of sp³-hybridized carbons (Fsp3) is 0.233. The number of ether oxygens (including phenoxy) is 1. The van der Waals surface area contributed by atoms with E-state index in [9.17, 15) is 14.4 Å². The van der Waals surface area contributed by atoms with Crippen LogP contribution in [0.4, 0.5) is 11.4 Å². The molecular weight excluding hydrogens is 498 g/mol. The molecule has 0 aliphatic carbocycles. The smallest absolute Gasteiger partial charge is 0.278 e. The van der Waals surface area contributed by atoms with Gasteiger partial charge in [-0.25, -0.2) is 0 Å². The van der Waals surface area contributed by atoms with Crippen LogP contribution >= 0.6 is 11.8 Å². The van der Waals surface area contributed by atoms with Crippen molar-refractivity contribution in [2.24, 2.45) is 0 Å². The lowest BCUT2D eigenvalue weighted by molar-refractivity contribution is -0.137. The van der Waals surface area contributed by atoms with Crippen LogP contribution in [0.3, 0.4) is 0 Å². The SMILES string of the molecule is COCCCN1C(=O)C(Nc2ccc(C)c(C)c2)=C(Sc2cccc(NC(=O)c3ccc(C)cc3)c2)C1=O. The Hall–Kier alpha value is -3.88. The van der Waals surface area contributed by atoms with E-state index in [0.29, 0.717) is 29.2 Å². The molecule has 0 atom stereocenters. The maximum Gasteiger partial charge on any atom is 0.278 e. The minimum atomic E-state index is -0.365. The minimum absolute atomic E-state index is 0.222. The van der Waals surface area contributed by atoms with Gasteiger partial charge in [-0.05, 0) is 80.8 Å². The normalized spacial score (nSPS) is 13.3. The van der Waals surface area contributed by atoms with E-state index in [0.717, 1.165) is 27.3 Å². The van der Waals surface area contributed by atoms with E-state index < -0.39 is 0 Å². The predicted octanol–water partition coefficient (Wildman–Crippen LogP) is 5.69. The second-order valence-electron chi connectivity index (χ2n) is 9.19. The van der Waals surface area contributed by atoms with Crippen LogP contribution in [0.5, 0.6) is 0 Å². The first kappa shape index (κ1) is 27.2. The molecule has 3 aromatic carbocycles. The van der Waals surface area contributed by atoms with E-state index in [1.54, 1.807) is 31.4 Å². The zero-order valence-electron chi connectivity index (χ0n) is 22.0. The lowest BCUT2D eigenvalue weighted by Crippen LogP contribution is -2.33. The third kappa shape index (κ3) is 6.33. The zero-order valence-corrected chi connectivity index (χ0v) is 22.8. The molecule has 196 valence electrons. The number of nitrogens with one attached hydrogen (secondary N) is 2. The molecule has 0 bridgehead atoms. The number of anilines is 2. The van der Waals surface area contributed by atoms with Crippen LogP contribution in [-0.4, -0.2) is 42.9 Å². The van der Waals surface area contributed by atoms with Crippen molar-refractivity contribution < 1.29 is 19.1 Å². The van der Waals surface area contributed by atoms with Gasteiger partial charge in [0.25, 0.3) is 17.7 Å². The summed E-state index contributed by atoms with van der Waals surface area (Å²) in [5, 5.41) is 6.11. The third-order valence-electron chi connectivity index (χ3n) is 6.26. The molecule has 38 heavy (non-hydrogen) atoms. The second kappa shape index (κ2) is 12.1. The molecule has 0 spiro atoms. The first-order valence-electron chi connectivity index (χ1n) is 12.4. The summed E-state index contributed by atoms with van der Waals surface area (Å²) in [7, 11) is 1.59. The molecule has 8 heteroatoms. The molecule has 0 radical (unpaired) electrons. The Morgan fingerprint density at radius 2 is 1.66 bits per heavy atom. The number of amides is 3. The van der Waals surface area contributed by atoms with E-state index in [1.807, 2.05) is 63.2 Å². The van der Waals surface area contributed by atoms with Gasteiger partial charge in [0.05, 0.1) is 0 Å². The maximum atomic E-state index is 13.4. The number of benzene rings is 3. The standard InChI is InChI=1S/C30H31N3O4S/c1-19-9-12-22(13-10-19)28(34)32-23-7-5-8-25(18-23)38-27-26(31-24-14-11-20(2)21(3)17-24)29(35)33(30(27)36)15-6-16-37-4/h5,7-14,17-18,31H,6,15-16H2,1-4H3,(H,32,34). The summed E-state index contributed by atoms with van der Waals surface area (Å²) in [5.74, 6) is -0.938. The number of hydrogen-bond acceptors (Lipinski definition) is 6. The van der Waals surface area contributed by atoms with Crippen molar-refractivity contribution in [3.8, 4) is 0 Å². The van der Waals surface area contributed by atoms with Gasteiger partial charge in [0.2, 0.25) is 0 Å². The van der Waals surface area contributed by atoms with E-state index in [4.69, 9.17) is 4.74 Å². The number of thioether (sulfide) groups is 1. The molecule has 4 rings (SSSR count). The highest BCUT2D eigenvalue weighted by atomic mass is 32.2. The fourth-order valence-corrected chi connectivity index (χ4v) is 4.96. The van der Waals surface area contributed by atoms with Gasteiger partial charge in [0.1, 0.15) is 10.6 Å². The highest BCUT2D eigenvalue weighted by Gasteiger charge is 2.38. The van der Waals surface area contributed by atoms with E-state index in [2.05, 4.69) is 10.6 Å². The molecule has 0 aromatic heterocycles. The highest BCUT2D eigenvalue weighted by Crippen LogP contribution is 2.37. The van der Waals surface area contributed by atoms with Crippen molar-refractivity contribution in [1.29, 1.82) is 0 Å². The first-order chi connectivity index (χ1) is 18.3. The molecule has 2 N–H and O–H groups in total. The lowest BCUT2D eigenvalue weighted by Gasteiger charge is -2.15. The number of nitrogens with zero attached hydrogens (tertiary/aromatic N) is 1. The van der Waals surface area contributed by atoms with Crippen LogP contribution in [-0.2, 0) is 14.3 Å². The average Bonchev–Trinajstić information content (AvgIpc) is 3.11. The van der Waals surface area contributed by atoms with Crippen molar-refractivity contribution in [3.05, 3.63) is 99.6 Å². The van der Waals surface area contributed by atoms with E-state index in [1.165, 1.54) is 16.7 Å². The largest absolute Gasteiger partial charge is 0.385 e. The van der Waals surface area contributed by atoms with Gasteiger partial charge in [0, 0.05) is 42.1 Å². The Morgan fingerprint density at radius 1 is 0.895 bits per heavy atom. The van der Waals surface area contributed by atoms with Gasteiger partial charge < -0.3 is 15.4 Å². The van der Waals surface area contributed by atoms with Crippen molar-refractivity contribution in [3.63, 3.8) is 0 Å². The molecule has 7 nitrogen and oxygen atoms in total. The van der Waals surface area contributed by atoms with Crippen molar-refractivity contribution in [2.45, 2.75) is 32.1 Å². The first-order valence-corrected chi connectivity index (χ1v) is 13.2. The third-order valence-corrected chi connectivity index (χ3v) is 7.33. The zero-order chi connectivity index (χ0) is 27.2. The van der Waals surface area contributed by atoms with Crippen LogP contribution in [0.25, 0.3) is 0 Å². The predicted molar refractivity (Wildman–Crippen MR) is 151 cm³/mol. The Labute approximate surface area is 227 Å². The number of methoxy groups -OCH3 is 1. The Kier molecular flexibility index (Phi) is 8.66. The molecule has 1 aliphatic heterocycles. The van der Waals surface area contributed by atoms with Gasteiger partial charge in [0.15, 0.2) is 0 Å². The monoisotopic (exact) mass is 529 g/mol. The van der Waals surface area contributed by atoms with Gasteiger partial charge in [-0.1, -0.05) is 41.6 Å². The molecule has 0 saturated heterocycles. The van der Waals surface area contributed by atoms with Gasteiger partial charge in [-0.2, -0.15) is 0 Å². The van der Waals surface area contributed by atoms with E-state index in [-0.39, 0.29) is 30.0 Å². The van der Waals surface area contributed by atoms with Crippen molar-refractivity contribution in [2.75, 3.05) is 30.9 Å². The molecule has 3 aromatic rings. The molecular formula is C30H31N3O4S. The van der Waals surface area contributed by atoms with Gasteiger partial charge in [-0.15, -0.1) is 0 Å². The maximum absolute atomic E-state index is 13.4. The summed E-state index contributed by atoms with van der Waals surface area (Å²) in [5.41, 5.74) is 5.42. The summed E-state index contributed by atoms with van der Waals surface area (Å²) in [4.78, 5) is 41.7.